The van der Waals surface area contributed by atoms with Gasteiger partial charge < -0.3 is 10.2 Å². The molecule has 0 radical (unpaired) electrons. The number of amides is 1. The first kappa shape index (κ1) is 11.9. The van der Waals surface area contributed by atoms with Gasteiger partial charge in [-0.1, -0.05) is 11.6 Å². The Morgan fingerprint density at radius 1 is 1.47 bits per heavy atom. The molecule has 6 heteroatoms. The molecule has 1 heterocycles. The Kier molecular flexibility index (Phi) is 4.45. The van der Waals surface area contributed by atoms with Crippen molar-refractivity contribution in [3.63, 3.8) is 0 Å². The molecule has 0 saturated heterocycles. The molecule has 0 saturated carbocycles. The van der Waals surface area contributed by atoms with Crippen molar-refractivity contribution in [3.05, 3.63) is 23.0 Å². The summed E-state index contributed by atoms with van der Waals surface area (Å²) in [7, 11) is 3.88. The third kappa shape index (κ3) is 4.22. The zero-order valence-electron chi connectivity index (χ0n) is 8.70. The highest BCUT2D eigenvalue weighted by atomic mass is 35.5. The lowest BCUT2D eigenvalue weighted by molar-refractivity contribution is 0.0945. The first-order valence-corrected chi connectivity index (χ1v) is 4.89. The first-order valence-electron chi connectivity index (χ1n) is 4.52. The van der Waals surface area contributed by atoms with E-state index >= 15 is 0 Å². The van der Waals surface area contributed by atoms with Gasteiger partial charge in [-0.15, -0.1) is 10.2 Å². The SMILES string of the molecule is CN(C)CCNC(=O)c1ccc(Cl)nn1. The summed E-state index contributed by atoms with van der Waals surface area (Å²) >= 11 is 5.55. The van der Waals surface area contributed by atoms with Crippen LogP contribution in [0, 0.1) is 0 Å². The van der Waals surface area contributed by atoms with Crippen LogP contribution < -0.4 is 5.32 Å². The lowest BCUT2D eigenvalue weighted by atomic mass is 10.3. The van der Waals surface area contributed by atoms with Gasteiger partial charge in [0.1, 0.15) is 0 Å². The van der Waals surface area contributed by atoms with Crippen LogP contribution in [0.5, 0.6) is 0 Å². The molecule has 0 fully saturated rings. The van der Waals surface area contributed by atoms with Crippen LogP contribution in [0.25, 0.3) is 0 Å². The predicted molar refractivity (Wildman–Crippen MR) is 57.9 cm³/mol. The molecule has 1 aromatic rings. The minimum absolute atomic E-state index is 0.235. The largest absolute Gasteiger partial charge is 0.349 e. The Balaban J connectivity index is 2.43. The maximum atomic E-state index is 11.5. The molecule has 0 unspecified atom stereocenters. The molecular weight excluding hydrogens is 216 g/mol. The second-order valence-corrected chi connectivity index (χ2v) is 3.69. The number of hydrogen-bond donors (Lipinski definition) is 1. The third-order valence-corrected chi connectivity index (χ3v) is 1.91. The van der Waals surface area contributed by atoms with E-state index in [1.807, 2.05) is 19.0 Å². The van der Waals surface area contributed by atoms with E-state index in [-0.39, 0.29) is 16.8 Å². The third-order valence-electron chi connectivity index (χ3n) is 1.71. The molecule has 5 nitrogen and oxygen atoms in total. The van der Waals surface area contributed by atoms with Gasteiger partial charge in [0.25, 0.3) is 5.91 Å². The highest BCUT2D eigenvalue weighted by Crippen LogP contribution is 2.01. The average molecular weight is 229 g/mol. The highest BCUT2D eigenvalue weighted by molar-refractivity contribution is 6.29. The summed E-state index contributed by atoms with van der Waals surface area (Å²) in [4.78, 5) is 13.4. The minimum atomic E-state index is -0.235. The van der Waals surface area contributed by atoms with Crippen molar-refractivity contribution in [2.75, 3.05) is 27.2 Å². The van der Waals surface area contributed by atoms with Crippen LogP contribution in [0.4, 0.5) is 0 Å². The van der Waals surface area contributed by atoms with E-state index < -0.39 is 0 Å². The molecule has 0 aliphatic rings. The number of halogens is 1. The lowest BCUT2D eigenvalue weighted by Crippen LogP contribution is -2.31. The molecule has 0 spiro atoms. The van der Waals surface area contributed by atoms with Crippen molar-refractivity contribution in [3.8, 4) is 0 Å². The number of hydrogen-bond acceptors (Lipinski definition) is 4. The molecule has 1 aromatic heterocycles. The number of rotatable bonds is 4. The van der Waals surface area contributed by atoms with Crippen molar-refractivity contribution in [2.45, 2.75) is 0 Å². The van der Waals surface area contributed by atoms with Crippen LogP contribution in [0.1, 0.15) is 10.5 Å². The summed E-state index contributed by atoms with van der Waals surface area (Å²) in [5.41, 5.74) is 0.276. The van der Waals surface area contributed by atoms with Gasteiger partial charge in [-0.05, 0) is 26.2 Å². The Morgan fingerprint density at radius 3 is 2.73 bits per heavy atom. The number of nitrogens with zero attached hydrogens (tertiary/aromatic N) is 3. The molecule has 1 amide bonds. The molecule has 15 heavy (non-hydrogen) atoms. The van der Waals surface area contributed by atoms with Crippen LogP contribution in [-0.2, 0) is 0 Å². The predicted octanol–water partition coefficient (Wildman–Crippen LogP) is 0.421. The summed E-state index contributed by atoms with van der Waals surface area (Å²) in [6.45, 7) is 1.36. The highest BCUT2D eigenvalue weighted by Gasteiger charge is 2.06. The zero-order chi connectivity index (χ0) is 11.3. The van der Waals surface area contributed by atoms with Gasteiger partial charge in [0.05, 0.1) is 0 Å². The molecule has 0 atom stereocenters. The Hall–Kier alpha value is -1.20. The quantitative estimate of drug-likeness (QED) is 0.812. The summed E-state index contributed by atoms with van der Waals surface area (Å²) in [6, 6.07) is 3.08. The molecule has 0 aliphatic heterocycles. The second-order valence-electron chi connectivity index (χ2n) is 3.30. The Morgan fingerprint density at radius 2 is 2.20 bits per heavy atom. The Bertz CT molecular complexity index is 325. The van der Waals surface area contributed by atoms with E-state index in [2.05, 4.69) is 15.5 Å². The molecule has 82 valence electrons. The molecule has 1 rings (SSSR count). The van der Waals surface area contributed by atoms with Gasteiger partial charge in [-0.3, -0.25) is 4.79 Å². The fourth-order valence-corrected chi connectivity index (χ4v) is 1.02. The van der Waals surface area contributed by atoms with Crippen molar-refractivity contribution in [1.29, 1.82) is 0 Å². The van der Waals surface area contributed by atoms with Crippen LogP contribution in [0.3, 0.4) is 0 Å². The molecule has 0 bridgehead atoms. The van der Waals surface area contributed by atoms with Crippen LogP contribution in [-0.4, -0.2) is 48.2 Å². The number of aromatic nitrogens is 2. The molecule has 1 N–H and O–H groups in total. The zero-order valence-corrected chi connectivity index (χ0v) is 9.45. The van der Waals surface area contributed by atoms with Gasteiger partial charge in [0.2, 0.25) is 0 Å². The maximum Gasteiger partial charge on any atom is 0.271 e. The summed E-state index contributed by atoms with van der Waals surface area (Å²) in [5.74, 6) is -0.235. The van der Waals surface area contributed by atoms with Crippen molar-refractivity contribution >= 4 is 17.5 Å². The fraction of sp³-hybridized carbons (Fsp3) is 0.444. The number of nitrogens with one attached hydrogen (secondary N) is 1. The number of carbonyl (C=O) groups is 1. The Labute approximate surface area is 93.4 Å². The van der Waals surface area contributed by atoms with Crippen LogP contribution >= 0.6 is 11.6 Å². The van der Waals surface area contributed by atoms with Gasteiger partial charge in [0.15, 0.2) is 10.8 Å². The normalized spacial score (nSPS) is 10.4. The summed E-state index contributed by atoms with van der Waals surface area (Å²) < 4.78 is 0. The van der Waals surface area contributed by atoms with Crippen molar-refractivity contribution < 1.29 is 4.79 Å². The van der Waals surface area contributed by atoms with Crippen LogP contribution in [0.15, 0.2) is 12.1 Å². The van der Waals surface area contributed by atoms with Gasteiger partial charge >= 0.3 is 0 Å². The number of carbonyl (C=O) groups excluding carboxylic acids is 1. The summed E-state index contributed by atoms with van der Waals surface area (Å²) in [6.07, 6.45) is 0. The van der Waals surface area contributed by atoms with Gasteiger partial charge in [-0.2, -0.15) is 0 Å². The van der Waals surface area contributed by atoms with Gasteiger partial charge in [0, 0.05) is 13.1 Å². The van der Waals surface area contributed by atoms with Crippen molar-refractivity contribution in [2.24, 2.45) is 0 Å². The number of likely N-dealkylation sites (N-methyl/N-ethyl adjacent to an activating group) is 1. The molecule has 0 aliphatic carbocycles. The van der Waals surface area contributed by atoms with Crippen LogP contribution in [0.2, 0.25) is 5.15 Å². The maximum absolute atomic E-state index is 11.5. The average Bonchev–Trinajstić information content (AvgIpc) is 2.18. The van der Waals surface area contributed by atoms with E-state index in [1.165, 1.54) is 6.07 Å². The van der Waals surface area contributed by atoms with Gasteiger partial charge in [-0.25, -0.2) is 0 Å². The molecular formula is C9H13ClN4O. The van der Waals surface area contributed by atoms with Crippen molar-refractivity contribution in [1.82, 2.24) is 20.4 Å². The summed E-state index contributed by atoms with van der Waals surface area (Å²) in [5, 5.41) is 10.3. The standard InChI is InChI=1S/C9H13ClN4O/c1-14(2)6-5-11-9(15)7-3-4-8(10)13-12-7/h3-4H,5-6H2,1-2H3,(H,11,15). The van der Waals surface area contributed by atoms with E-state index in [0.29, 0.717) is 6.54 Å². The van der Waals surface area contributed by atoms with E-state index in [9.17, 15) is 4.79 Å². The molecule has 0 aromatic carbocycles. The van der Waals surface area contributed by atoms with E-state index in [4.69, 9.17) is 11.6 Å². The van der Waals surface area contributed by atoms with E-state index in [1.54, 1.807) is 6.07 Å². The topological polar surface area (TPSA) is 58.1 Å². The first-order chi connectivity index (χ1) is 7.09. The lowest BCUT2D eigenvalue weighted by Gasteiger charge is -2.09. The second kappa shape index (κ2) is 5.63. The monoisotopic (exact) mass is 228 g/mol. The smallest absolute Gasteiger partial charge is 0.271 e. The minimum Gasteiger partial charge on any atom is -0.349 e. The van der Waals surface area contributed by atoms with E-state index in [0.717, 1.165) is 6.54 Å². The fourth-order valence-electron chi connectivity index (χ4n) is 0.921.